The van der Waals surface area contributed by atoms with E-state index in [2.05, 4.69) is 41.5 Å². The van der Waals surface area contributed by atoms with Crippen LogP contribution in [0, 0.1) is 16.7 Å². The van der Waals surface area contributed by atoms with E-state index >= 15 is 0 Å². The molecule has 0 aliphatic heterocycles. The predicted octanol–water partition coefficient (Wildman–Crippen LogP) is 3.49. The van der Waals surface area contributed by atoms with Crippen LogP contribution >= 0.6 is 11.8 Å². The average Bonchev–Trinajstić information content (AvgIpc) is 3.36. The van der Waals surface area contributed by atoms with Gasteiger partial charge < -0.3 is 8.98 Å². The molecule has 27 heavy (non-hydrogen) atoms. The maximum atomic E-state index is 12.3. The van der Waals surface area contributed by atoms with Gasteiger partial charge in [0.1, 0.15) is 0 Å². The highest BCUT2D eigenvalue weighted by molar-refractivity contribution is 7.99. The monoisotopic (exact) mass is 387 g/mol. The summed E-state index contributed by atoms with van der Waals surface area (Å²) >= 11 is 1.34. The first-order chi connectivity index (χ1) is 12.8. The zero-order valence-corrected chi connectivity index (χ0v) is 17.0. The van der Waals surface area contributed by atoms with Crippen LogP contribution in [0.2, 0.25) is 0 Å². The van der Waals surface area contributed by atoms with Crippen molar-refractivity contribution in [2.45, 2.75) is 45.2 Å². The molecule has 2 bridgehead atoms. The van der Waals surface area contributed by atoms with E-state index in [0.717, 1.165) is 18.6 Å². The van der Waals surface area contributed by atoms with Gasteiger partial charge in [0.15, 0.2) is 16.7 Å². The molecule has 4 rings (SSSR count). The predicted molar refractivity (Wildman–Crippen MR) is 104 cm³/mol. The Labute approximate surface area is 163 Å². The first-order valence-electron chi connectivity index (χ1n) is 9.25. The lowest BCUT2D eigenvalue weighted by Gasteiger charge is -2.34. The number of aromatic nitrogens is 3. The molecule has 2 saturated carbocycles. The van der Waals surface area contributed by atoms with Gasteiger partial charge in [-0.2, -0.15) is 5.10 Å². The quantitative estimate of drug-likeness (QED) is 0.627. The molecule has 0 radical (unpaired) electrons. The first kappa shape index (κ1) is 18.3. The fourth-order valence-electron chi connectivity index (χ4n) is 4.45. The van der Waals surface area contributed by atoms with E-state index in [4.69, 9.17) is 4.42 Å². The summed E-state index contributed by atoms with van der Waals surface area (Å²) in [6.45, 7) is 6.94. The summed E-state index contributed by atoms with van der Waals surface area (Å²) in [5, 5.41) is 13.4. The van der Waals surface area contributed by atoms with E-state index in [9.17, 15) is 4.79 Å². The number of nitrogens with zero attached hydrogens (tertiary/aromatic N) is 4. The number of fused-ring (bicyclic) bond motifs is 2. The second-order valence-corrected chi connectivity index (χ2v) is 9.16. The van der Waals surface area contributed by atoms with Gasteiger partial charge in [-0.15, -0.1) is 10.2 Å². The number of hydrogen-bond donors (Lipinski definition) is 1. The van der Waals surface area contributed by atoms with Gasteiger partial charge >= 0.3 is 0 Å². The number of rotatable bonds is 5. The lowest BCUT2D eigenvalue weighted by Crippen LogP contribution is -2.34. The lowest BCUT2D eigenvalue weighted by atomic mass is 9.70. The molecular formula is C19H25N5O2S. The molecular weight excluding hydrogens is 362 g/mol. The number of carbonyl (C=O) groups is 1. The molecule has 2 aliphatic carbocycles. The summed E-state index contributed by atoms with van der Waals surface area (Å²) in [6.07, 6.45) is 5.01. The van der Waals surface area contributed by atoms with E-state index in [0.29, 0.717) is 22.7 Å². The molecule has 144 valence electrons. The highest BCUT2D eigenvalue weighted by Crippen LogP contribution is 2.63. The molecule has 8 heteroatoms. The Morgan fingerprint density at radius 3 is 2.89 bits per heavy atom. The smallest absolute Gasteiger partial charge is 0.250 e. The molecule has 2 atom stereocenters. The minimum atomic E-state index is -0.126. The molecule has 2 aliphatic rings. The summed E-state index contributed by atoms with van der Waals surface area (Å²) in [5.74, 6) is 2.08. The number of furan rings is 1. The summed E-state index contributed by atoms with van der Waals surface area (Å²) < 4.78 is 7.18. The summed E-state index contributed by atoms with van der Waals surface area (Å²) in [5.41, 5.74) is 4.24. The summed E-state index contributed by atoms with van der Waals surface area (Å²) in [7, 11) is 1.86. The standard InChI is InChI=1S/C19H25N5O2S/c1-18(2)12-7-8-19(18,3)14(10-12)20-21-15(25)11-27-17-23-22-16(24(17)4)13-6-5-9-26-13/h5-6,9,12H,7-8,10-11H2,1-4H3,(H,21,25). The SMILES string of the molecule is Cn1c(SCC(=O)NN=C2CC3CCC2(C)C3(C)C)nnc1-c1ccco1. The van der Waals surface area contributed by atoms with Crippen LogP contribution in [0.1, 0.15) is 40.0 Å². The molecule has 0 spiro atoms. The highest BCUT2D eigenvalue weighted by Gasteiger charge is 2.60. The lowest BCUT2D eigenvalue weighted by molar-refractivity contribution is -0.118. The van der Waals surface area contributed by atoms with Crippen molar-refractivity contribution in [2.75, 3.05) is 5.75 Å². The van der Waals surface area contributed by atoms with Crippen molar-refractivity contribution in [3.05, 3.63) is 18.4 Å². The van der Waals surface area contributed by atoms with Crippen LogP contribution in [0.25, 0.3) is 11.6 Å². The number of amides is 1. The van der Waals surface area contributed by atoms with Gasteiger partial charge in [0.25, 0.3) is 5.91 Å². The zero-order chi connectivity index (χ0) is 19.2. The fourth-order valence-corrected chi connectivity index (χ4v) is 5.15. The third-order valence-electron chi connectivity index (χ3n) is 6.74. The number of nitrogens with one attached hydrogen (secondary N) is 1. The van der Waals surface area contributed by atoms with Gasteiger partial charge in [-0.1, -0.05) is 32.5 Å². The van der Waals surface area contributed by atoms with Gasteiger partial charge in [0.05, 0.1) is 12.0 Å². The van der Waals surface area contributed by atoms with E-state index in [1.54, 1.807) is 12.3 Å². The minimum Gasteiger partial charge on any atom is -0.461 e. The first-order valence-corrected chi connectivity index (χ1v) is 10.2. The van der Waals surface area contributed by atoms with Crippen LogP contribution in [0.3, 0.4) is 0 Å². The van der Waals surface area contributed by atoms with Crippen molar-refractivity contribution in [3.63, 3.8) is 0 Å². The molecule has 2 fully saturated rings. The topological polar surface area (TPSA) is 85.3 Å². The molecule has 2 heterocycles. The van der Waals surface area contributed by atoms with E-state index < -0.39 is 0 Å². The Bertz CT molecular complexity index is 886. The van der Waals surface area contributed by atoms with Gasteiger partial charge in [-0.3, -0.25) is 4.79 Å². The van der Waals surface area contributed by atoms with Crippen molar-refractivity contribution < 1.29 is 9.21 Å². The number of hydrogen-bond acceptors (Lipinski definition) is 6. The maximum absolute atomic E-state index is 12.3. The minimum absolute atomic E-state index is 0.0969. The van der Waals surface area contributed by atoms with Gasteiger partial charge in [-0.05, 0) is 42.7 Å². The third-order valence-corrected chi connectivity index (χ3v) is 7.76. The van der Waals surface area contributed by atoms with Crippen LogP contribution in [-0.2, 0) is 11.8 Å². The van der Waals surface area contributed by atoms with Crippen LogP contribution in [-0.4, -0.2) is 32.1 Å². The van der Waals surface area contributed by atoms with Crippen LogP contribution in [0.4, 0.5) is 0 Å². The zero-order valence-electron chi connectivity index (χ0n) is 16.2. The molecule has 2 aromatic heterocycles. The van der Waals surface area contributed by atoms with Gasteiger partial charge in [0, 0.05) is 18.2 Å². The Balaban J connectivity index is 1.36. The van der Waals surface area contributed by atoms with Gasteiger partial charge in [-0.25, -0.2) is 5.43 Å². The van der Waals surface area contributed by atoms with Crippen LogP contribution in [0.5, 0.6) is 0 Å². The molecule has 1 amide bonds. The van der Waals surface area contributed by atoms with Crippen molar-refractivity contribution >= 4 is 23.4 Å². The maximum Gasteiger partial charge on any atom is 0.250 e. The van der Waals surface area contributed by atoms with Crippen molar-refractivity contribution in [3.8, 4) is 11.6 Å². The Hall–Kier alpha value is -2.09. The number of carbonyl (C=O) groups excluding carboxylic acids is 1. The molecule has 2 aromatic rings. The van der Waals surface area contributed by atoms with Crippen molar-refractivity contribution in [1.82, 2.24) is 20.2 Å². The van der Waals surface area contributed by atoms with Crippen LogP contribution < -0.4 is 5.43 Å². The summed E-state index contributed by atoms with van der Waals surface area (Å²) in [4.78, 5) is 12.3. The largest absolute Gasteiger partial charge is 0.461 e. The van der Waals surface area contributed by atoms with Crippen molar-refractivity contribution in [1.29, 1.82) is 0 Å². The van der Waals surface area contributed by atoms with Crippen molar-refractivity contribution in [2.24, 2.45) is 28.9 Å². The third kappa shape index (κ3) is 2.90. The Morgan fingerprint density at radius 2 is 2.26 bits per heavy atom. The Morgan fingerprint density at radius 1 is 1.44 bits per heavy atom. The number of hydrazone groups is 1. The van der Waals surface area contributed by atoms with Gasteiger partial charge in [0.2, 0.25) is 0 Å². The normalized spacial score (nSPS) is 27.4. The average molecular weight is 388 g/mol. The molecule has 0 aromatic carbocycles. The van der Waals surface area contributed by atoms with E-state index in [1.165, 1.54) is 18.2 Å². The number of thioether (sulfide) groups is 1. The van der Waals surface area contributed by atoms with E-state index in [1.807, 2.05) is 17.7 Å². The molecule has 0 saturated heterocycles. The Kier molecular flexibility index (Phi) is 4.41. The highest BCUT2D eigenvalue weighted by atomic mass is 32.2. The van der Waals surface area contributed by atoms with E-state index in [-0.39, 0.29) is 22.5 Å². The molecule has 1 N–H and O–H groups in total. The fraction of sp³-hybridized carbons (Fsp3) is 0.579. The van der Waals surface area contributed by atoms with Crippen LogP contribution in [0.15, 0.2) is 33.1 Å². The molecule has 7 nitrogen and oxygen atoms in total. The molecule has 2 unspecified atom stereocenters. The summed E-state index contributed by atoms with van der Waals surface area (Å²) in [6, 6.07) is 3.64. The second-order valence-electron chi connectivity index (χ2n) is 8.22. The second kappa shape index (κ2) is 6.51.